The Hall–Kier alpha value is -2.75. The molecule has 102 valence electrons. The lowest BCUT2D eigenvalue weighted by atomic mass is 9.99. The van der Waals surface area contributed by atoms with Crippen molar-refractivity contribution in [3.63, 3.8) is 0 Å². The third-order valence-electron chi connectivity index (χ3n) is 3.69. The summed E-state index contributed by atoms with van der Waals surface area (Å²) in [6.07, 6.45) is 4.13. The Bertz CT molecular complexity index is 858. The minimum atomic E-state index is -0.0405. The summed E-state index contributed by atoms with van der Waals surface area (Å²) < 4.78 is 5.61. The third kappa shape index (κ3) is 1.96. The Balaban J connectivity index is 1.82. The predicted octanol–water partition coefficient (Wildman–Crippen LogP) is 2.80. The van der Waals surface area contributed by atoms with Gasteiger partial charge in [0.1, 0.15) is 5.75 Å². The van der Waals surface area contributed by atoms with Crippen LogP contribution in [0.1, 0.15) is 21.5 Å². The topological polar surface area (TPSA) is 52.1 Å². The van der Waals surface area contributed by atoms with Gasteiger partial charge in [-0.25, -0.2) is 0 Å². The number of benzene rings is 2. The summed E-state index contributed by atoms with van der Waals surface area (Å²) in [5.41, 5.74) is 3.82. The monoisotopic (exact) mass is 276 g/mol. The summed E-state index contributed by atoms with van der Waals surface area (Å²) in [7, 11) is 0. The lowest BCUT2D eigenvalue weighted by Crippen LogP contribution is -2.04. The summed E-state index contributed by atoms with van der Waals surface area (Å²) in [5, 5.41) is 0. The molecule has 4 nitrogen and oxygen atoms in total. The van der Waals surface area contributed by atoms with Gasteiger partial charge >= 0.3 is 0 Å². The minimum Gasteiger partial charge on any atom is -0.492 e. The van der Waals surface area contributed by atoms with Crippen LogP contribution in [0, 0.1) is 0 Å². The number of ketones is 1. The summed E-state index contributed by atoms with van der Waals surface area (Å²) in [6.45, 7) is 0.642. The van der Waals surface area contributed by atoms with Crippen molar-refractivity contribution < 1.29 is 9.53 Å². The highest BCUT2D eigenvalue weighted by molar-refractivity contribution is 6.12. The van der Waals surface area contributed by atoms with Gasteiger partial charge in [-0.05, 0) is 29.8 Å². The second-order valence-corrected chi connectivity index (χ2v) is 4.98. The zero-order valence-electron chi connectivity index (χ0n) is 11.2. The number of hydrogen-bond acceptors (Lipinski definition) is 4. The highest BCUT2D eigenvalue weighted by atomic mass is 16.5. The predicted molar refractivity (Wildman–Crippen MR) is 78.6 cm³/mol. The fraction of sp³-hybridized carbons (Fsp3) is 0.118. The van der Waals surface area contributed by atoms with Crippen molar-refractivity contribution in [2.24, 2.45) is 0 Å². The van der Waals surface area contributed by atoms with Crippen LogP contribution in [-0.4, -0.2) is 22.4 Å². The Morgan fingerprint density at radius 1 is 1.05 bits per heavy atom. The van der Waals surface area contributed by atoms with Crippen molar-refractivity contribution in [2.75, 3.05) is 6.61 Å². The first-order valence-corrected chi connectivity index (χ1v) is 6.83. The molecule has 0 saturated carbocycles. The molecule has 4 heteroatoms. The summed E-state index contributed by atoms with van der Waals surface area (Å²) in [4.78, 5) is 21.2. The van der Waals surface area contributed by atoms with Crippen LogP contribution in [-0.2, 0) is 6.42 Å². The molecule has 1 aromatic heterocycles. The molecule has 1 aliphatic heterocycles. The van der Waals surface area contributed by atoms with E-state index in [1.54, 1.807) is 24.5 Å². The van der Waals surface area contributed by atoms with Crippen molar-refractivity contribution >= 4 is 16.8 Å². The summed E-state index contributed by atoms with van der Waals surface area (Å²) >= 11 is 0. The van der Waals surface area contributed by atoms with Gasteiger partial charge in [0, 0.05) is 24.4 Å². The number of carbonyl (C=O) groups excluding carboxylic acids is 1. The number of nitrogens with zero attached hydrogens (tertiary/aromatic N) is 2. The van der Waals surface area contributed by atoms with E-state index in [9.17, 15) is 4.79 Å². The second kappa shape index (κ2) is 4.66. The van der Waals surface area contributed by atoms with Gasteiger partial charge in [0.05, 0.1) is 23.2 Å². The molecule has 2 aromatic carbocycles. The Labute approximate surface area is 121 Å². The van der Waals surface area contributed by atoms with Gasteiger partial charge in [0.25, 0.3) is 0 Å². The van der Waals surface area contributed by atoms with Crippen LogP contribution in [0.3, 0.4) is 0 Å². The molecule has 0 saturated heterocycles. The number of para-hydroxylation sites is 1. The Morgan fingerprint density at radius 3 is 2.81 bits per heavy atom. The standard InChI is InChI=1S/C17H12N2O2/c20-16(13-3-1-2-11-6-9-21-17(11)13)12-4-5-14-15(10-12)19-8-7-18-14/h1-5,7-8,10H,6,9H2. The zero-order valence-corrected chi connectivity index (χ0v) is 11.2. The number of carbonyl (C=O) groups is 1. The molecular formula is C17H12N2O2. The van der Waals surface area contributed by atoms with Crippen LogP contribution in [0.15, 0.2) is 48.8 Å². The average molecular weight is 276 g/mol. The number of rotatable bonds is 2. The van der Waals surface area contributed by atoms with Gasteiger partial charge in [-0.1, -0.05) is 12.1 Å². The van der Waals surface area contributed by atoms with Gasteiger partial charge in [-0.15, -0.1) is 0 Å². The molecule has 0 atom stereocenters. The largest absolute Gasteiger partial charge is 0.492 e. The SMILES string of the molecule is O=C(c1ccc2nccnc2c1)c1cccc2c1OCC2. The first-order valence-electron chi connectivity index (χ1n) is 6.83. The fourth-order valence-electron chi connectivity index (χ4n) is 2.65. The van der Waals surface area contributed by atoms with E-state index >= 15 is 0 Å². The van der Waals surface area contributed by atoms with Crippen molar-refractivity contribution in [2.45, 2.75) is 6.42 Å². The molecule has 21 heavy (non-hydrogen) atoms. The highest BCUT2D eigenvalue weighted by Crippen LogP contribution is 2.31. The number of aromatic nitrogens is 2. The quantitative estimate of drug-likeness (QED) is 0.675. The second-order valence-electron chi connectivity index (χ2n) is 4.98. The molecular weight excluding hydrogens is 264 g/mol. The van der Waals surface area contributed by atoms with E-state index in [0.717, 1.165) is 28.8 Å². The molecule has 1 aliphatic rings. The number of ether oxygens (including phenoxy) is 1. The van der Waals surface area contributed by atoms with Gasteiger partial charge < -0.3 is 4.74 Å². The lowest BCUT2D eigenvalue weighted by Gasteiger charge is -2.07. The van der Waals surface area contributed by atoms with E-state index in [2.05, 4.69) is 9.97 Å². The van der Waals surface area contributed by atoms with Crippen molar-refractivity contribution in [3.05, 3.63) is 65.5 Å². The summed E-state index contributed by atoms with van der Waals surface area (Å²) in [5.74, 6) is 0.683. The van der Waals surface area contributed by atoms with E-state index in [1.807, 2.05) is 24.3 Å². The lowest BCUT2D eigenvalue weighted by molar-refractivity contribution is 0.103. The first kappa shape index (κ1) is 12.0. The van der Waals surface area contributed by atoms with E-state index in [0.29, 0.717) is 17.7 Å². The van der Waals surface area contributed by atoms with Gasteiger partial charge in [0.2, 0.25) is 0 Å². The molecule has 0 spiro atoms. The number of fused-ring (bicyclic) bond motifs is 2. The van der Waals surface area contributed by atoms with Crippen LogP contribution in [0.25, 0.3) is 11.0 Å². The maximum Gasteiger partial charge on any atom is 0.196 e. The molecule has 0 N–H and O–H groups in total. The molecule has 0 bridgehead atoms. The highest BCUT2D eigenvalue weighted by Gasteiger charge is 2.21. The Morgan fingerprint density at radius 2 is 1.90 bits per heavy atom. The smallest absolute Gasteiger partial charge is 0.196 e. The molecule has 4 rings (SSSR count). The van der Waals surface area contributed by atoms with Crippen LogP contribution in [0.5, 0.6) is 5.75 Å². The molecule has 0 aliphatic carbocycles. The molecule has 0 amide bonds. The third-order valence-corrected chi connectivity index (χ3v) is 3.69. The van der Waals surface area contributed by atoms with Crippen LogP contribution >= 0.6 is 0 Å². The minimum absolute atomic E-state index is 0.0405. The van der Waals surface area contributed by atoms with E-state index in [-0.39, 0.29) is 5.78 Å². The molecule has 0 fully saturated rings. The van der Waals surface area contributed by atoms with E-state index in [1.165, 1.54) is 0 Å². The molecule has 0 unspecified atom stereocenters. The van der Waals surface area contributed by atoms with E-state index < -0.39 is 0 Å². The van der Waals surface area contributed by atoms with Gasteiger partial charge in [-0.2, -0.15) is 0 Å². The normalized spacial score (nSPS) is 13.0. The van der Waals surface area contributed by atoms with Gasteiger partial charge in [-0.3, -0.25) is 14.8 Å². The van der Waals surface area contributed by atoms with Crippen molar-refractivity contribution in [3.8, 4) is 5.75 Å². The van der Waals surface area contributed by atoms with Crippen LogP contribution in [0.2, 0.25) is 0 Å². The maximum absolute atomic E-state index is 12.7. The average Bonchev–Trinajstić information content (AvgIpc) is 3.02. The molecule has 3 aromatic rings. The first-order chi connectivity index (χ1) is 10.3. The zero-order chi connectivity index (χ0) is 14.2. The molecule has 0 radical (unpaired) electrons. The summed E-state index contributed by atoms with van der Waals surface area (Å²) in [6, 6.07) is 11.1. The van der Waals surface area contributed by atoms with Gasteiger partial charge in [0.15, 0.2) is 5.78 Å². The fourth-order valence-corrected chi connectivity index (χ4v) is 2.65. The van der Waals surface area contributed by atoms with Crippen molar-refractivity contribution in [1.29, 1.82) is 0 Å². The molecule has 2 heterocycles. The number of hydrogen-bond donors (Lipinski definition) is 0. The van der Waals surface area contributed by atoms with Crippen LogP contribution < -0.4 is 4.74 Å². The van der Waals surface area contributed by atoms with Crippen LogP contribution in [0.4, 0.5) is 0 Å². The maximum atomic E-state index is 12.7. The van der Waals surface area contributed by atoms with E-state index in [4.69, 9.17) is 4.74 Å². The Kier molecular flexibility index (Phi) is 2.67. The van der Waals surface area contributed by atoms with Crippen molar-refractivity contribution in [1.82, 2.24) is 9.97 Å².